The second-order valence-corrected chi connectivity index (χ2v) is 5.07. The molecule has 136 valence electrons. The lowest BCUT2D eigenvalue weighted by Gasteiger charge is -2.08. The molecule has 0 heterocycles. The smallest absolute Gasteiger partial charge is 0.481 e. The van der Waals surface area contributed by atoms with Crippen molar-refractivity contribution in [3.63, 3.8) is 0 Å². The van der Waals surface area contributed by atoms with Gasteiger partial charge in [-0.25, -0.2) is 9.98 Å². The van der Waals surface area contributed by atoms with Crippen LogP contribution in [0, 0.1) is 0 Å². The zero-order valence-electron chi connectivity index (χ0n) is 13.3. The molecule has 0 aliphatic heterocycles. The Bertz CT molecular complexity index is 814. The van der Waals surface area contributed by atoms with E-state index < -0.39 is 12.3 Å². The minimum Gasteiger partial charge on any atom is -0.481 e. The van der Waals surface area contributed by atoms with Gasteiger partial charge in [-0.05, 0) is 29.8 Å². The van der Waals surface area contributed by atoms with Gasteiger partial charge in [-0.1, -0.05) is 24.3 Å². The fraction of sp³-hybridized carbons (Fsp3) is 0.118. The predicted molar refractivity (Wildman–Crippen MR) is 89.8 cm³/mol. The van der Waals surface area contributed by atoms with Gasteiger partial charge in [0.05, 0.1) is 12.1 Å². The Balaban J connectivity index is 2.00. The van der Waals surface area contributed by atoms with E-state index in [-0.39, 0.29) is 18.0 Å². The first kappa shape index (κ1) is 19.0. The highest BCUT2D eigenvalue weighted by Crippen LogP contribution is 2.24. The number of alkyl halides is 3. The summed E-state index contributed by atoms with van der Waals surface area (Å²) in [5, 5.41) is 8.71. The number of rotatable bonds is 6. The standard InChI is InChI=1S/C17H14F3N3O3/c18-17(19,20)26-14-7-5-13(6-8-14)22-10-23-16(21)12-3-1-11(2-4-12)9-15(24)25/h1-8,10H,9H2,(H,24,25)(H2,21,22,23). The molecular weight excluding hydrogens is 351 g/mol. The second-order valence-electron chi connectivity index (χ2n) is 5.07. The summed E-state index contributed by atoms with van der Waals surface area (Å²) in [6.07, 6.45) is -3.67. The summed E-state index contributed by atoms with van der Waals surface area (Å²) in [7, 11) is 0. The van der Waals surface area contributed by atoms with Crippen molar-refractivity contribution < 1.29 is 27.8 Å². The third-order valence-corrected chi connectivity index (χ3v) is 3.08. The van der Waals surface area contributed by atoms with Crippen LogP contribution in [0.4, 0.5) is 18.9 Å². The number of nitrogens with two attached hydrogens (primary N) is 1. The van der Waals surface area contributed by atoms with Crippen LogP contribution >= 0.6 is 0 Å². The zero-order valence-corrected chi connectivity index (χ0v) is 13.3. The predicted octanol–water partition coefficient (Wildman–Crippen LogP) is 3.28. The summed E-state index contributed by atoms with van der Waals surface area (Å²) in [6, 6.07) is 11.5. The van der Waals surface area contributed by atoms with Gasteiger partial charge in [-0.2, -0.15) is 0 Å². The number of aliphatic carboxylic acids is 1. The van der Waals surface area contributed by atoms with Crippen molar-refractivity contribution in [2.75, 3.05) is 0 Å². The molecule has 0 aliphatic carbocycles. The van der Waals surface area contributed by atoms with Crippen molar-refractivity contribution in [1.82, 2.24) is 0 Å². The van der Waals surface area contributed by atoms with Crippen LogP contribution in [0.15, 0.2) is 58.5 Å². The normalized spacial score (nSPS) is 12.3. The van der Waals surface area contributed by atoms with Crippen molar-refractivity contribution in [1.29, 1.82) is 0 Å². The van der Waals surface area contributed by atoms with Gasteiger partial charge in [0.15, 0.2) is 0 Å². The average molecular weight is 365 g/mol. The Morgan fingerprint density at radius 2 is 1.73 bits per heavy atom. The van der Waals surface area contributed by atoms with Gasteiger partial charge in [0.1, 0.15) is 17.9 Å². The van der Waals surface area contributed by atoms with Crippen molar-refractivity contribution in [3.8, 4) is 5.75 Å². The Hall–Kier alpha value is -3.36. The molecule has 26 heavy (non-hydrogen) atoms. The Labute approximate surface area is 146 Å². The molecule has 0 aromatic heterocycles. The van der Waals surface area contributed by atoms with Crippen LogP contribution in [0.3, 0.4) is 0 Å². The van der Waals surface area contributed by atoms with E-state index in [0.29, 0.717) is 16.8 Å². The first-order valence-corrected chi connectivity index (χ1v) is 7.26. The summed E-state index contributed by atoms with van der Waals surface area (Å²) in [6.45, 7) is 0. The van der Waals surface area contributed by atoms with E-state index in [0.717, 1.165) is 12.1 Å². The van der Waals surface area contributed by atoms with Gasteiger partial charge in [0, 0.05) is 5.56 Å². The Kier molecular flexibility index (Phi) is 5.94. The number of nitrogens with zero attached hydrogens (tertiary/aromatic N) is 2. The van der Waals surface area contributed by atoms with Crippen molar-refractivity contribution in [2.24, 2.45) is 15.7 Å². The van der Waals surface area contributed by atoms with E-state index in [1.165, 1.54) is 18.5 Å². The van der Waals surface area contributed by atoms with Gasteiger partial charge in [-0.15, -0.1) is 13.2 Å². The van der Waals surface area contributed by atoms with Gasteiger partial charge in [0.2, 0.25) is 0 Å². The number of aliphatic imine (C=N–C) groups is 2. The molecule has 2 aromatic carbocycles. The van der Waals surface area contributed by atoms with Crippen LogP contribution in [0.5, 0.6) is 5.75 Å². The first-order valence-electron chi connectivity index (χ1n) is 7.26. The molecule has 0 saturated carbocycles. The number of carbonyl (C=O) groups is 1. The highest BCUT2D eigenvalue weighted by molar-refractivity contribution is 6.01. The van der Waals surface area contributed by atoms with Crippen LogP contribution in [0.25, 0.3) is 0 Å². The van der Waals surface area contributed by atoms with Gasteiger partial charge >= 0.3 is 12.3 Å². The zero-order chi connectivity index (χ0) is 19.2. The minimum atomic E-state index is -4.75. The summed E-state index contributed by atoms with van der Waals surface area (Å²) in [4.78, 5) is 18.5. The quantitative estimate of drug-likeness (QED) is 0.606. The molecule has 2 rings (SSSR count). The maximum Gasteiger partial charge on any atom is 0.573 e. The lowest BCUT2D eigenvalue weighted by molar-refractivity contribution is -0.274. The molecule has 9 heteroatoms. The molecular formula is C17H14F3N3O3. The molecule has 0 spiro atoms. The van der Waals surface area contributed by atoms with Crippen LogP contribution in [0.2, 0.25) is 0 Å². The van der Waals surface area contributed by atoms with Gasteiger partial charge in [0.25, 0.3) is 0 Å². The fourth-order valence-electron chi connectivity index (χ4n) is 1.93. The van der Waals surface area contributed by atoms with Crippen molar-refractivity contribution in [3.05, 3.63) is 59.7 Å². The van der Waals surface area contributed by atoms with E-state index in [4.69, 9.17) is 10.8 Å². The number of ether oxygens (including phenoxy) is 1. The molecule has 0 aliphatic rings. The Morgan fingerprint density at radius 1 is 1.12 bits per heavy atom. The lowest BCUT2D eigenvalue weighted by atomic mass is 10.1. The minimum absolute atomic E-state index is 0.0904. The molecule has 0 radical (unpaired) electrons. The highest BCUT2D eigenvalue weighted by atomic mass is 19.4. The van der Waals surface area contributed by atoms with Crippen LogP contribution in [-0.2, 0) is 11.2 Å². The monoisotopic (exact) mass is 365 g/mol. The van der Waals surface area contributed by atoms with Crippen LogP contribution < -0.4 is 10.5 Å². The van der Waals surface area contributed by atoms with E-state index in [1.807, 2.05) is 0 Å². The maximum absolute atomic E-state index is 12.1. The van der Waals surface area contributed by atoms with E-state index in [2.05, 4.69) is 14.7 Å². The second kappa shape index (κ2) is 8.15. The molecule has 0 amide bonds. The summed E-state index contributed by atoms with van der Waals surface area (Å²) >= 11 is 0. The van der Waals surface area contributed by atoms with Crippen LogP contribution in [-0.4, -0.2) is 29.6 Å². The van der Waals surface area contributed by atoms with E-state index in [1.54, 1.807) is 24.3 Å². The average Bonchev–Trinajstić information content (AvgIpc) is 2.55. The van der Waals surface area contributed by atoms with Crippen molar-refractivity contribution >= 4 is 23.8 Å². The molecule has 0 fully saturated rings. The molecule has 0 bridgehead atoms. The maximum atomic E-state index is 12.1. The molecule has 0 atom stereocenters. The Morgan fingerprint density at radius 3 is 2.27 bits per heavy atom. The molecule has 2 aromatic rings. The largest absolute Gasteiger partial charge is 0.573 e. The first-order chi connectivity index (χ1) is 12.2. The molecule has 3 N–H and O–H groups in total. The third-order valence-electron chi connectivity index (χ3n) is 3.08. The highest BCUT2D eigenvalue weighted by Gasteiger charge is 2.30. The number of hydrogen-bond acceptors (Lipinski definition) is 3. The lowest BCUT2D eigenvalue weighted by Crippen LogP contribution is -2.16. The van der Waals surface area contributed by atoms with E-state index in [9.17, 15) is 18.0 Å². The number of hydrogen-bond donors (Lipinski definition) is 2. The topological polar surface area (TPSA) is 97.3 Å². The number of amidine groups is 1. The number of halogens is 3. The summed E-state index contributed by atoms with van der Waals surface area (Å²) < 4.78 is 40.0. The van der Waals surface area contributed by atoms with Crippen LogP contribution in [0.1, 0.15) is 11.1 Å². The summed E-state index contributed by atoms with van der Waals surface area (Å²) in [5.41, 5.74) is 7.38. The fourth-order valence-corrected chi connectivity index (χ4v) is 1.93. The number of carboxylic acids is 1. The van der Waals surface area contributed by atoms with Gasteiger partial charge < -0.3 is 15.6 Å². The molecule has 6 nitrogen and oxygen atoms in total. The van der Waals surface area contributed by atoms with Gasteiger partial charge in [-0.3, -0.25) is 4.79 Å². The number of carboxylic acid groups (broad SMARTS) is 1. The van der Waals surface area contributed by atoms with E-state index >= 15 is 0 Å². The SMILES string of the molecule is NC(=NC=Nc1ccc(OC(F)(F)F)cc1)c1ccc(CC(=O)O)cc1. The molecule has 0 unspecified atom stereocenters. The third kappa shape index (κ3) is 6.27. The summed E-state index contributed by atoms with van der Waals surface area (Å²) in [5.74, 6) is -1.12. The molecule has 0 saturated heterocycles. The van der Waals surface area contributed by atoms with Crippen molar-refractivity contribution in [2.45, 2.75) is 12.8 Å². The number of benzene rings is 2.